The quantitative estimate of drug-likeness (QED) is 0.692. The number of nitrogens with zero attached hydrogens (tertiary/aromatic N) is 2. The van der Waals surface area contributed by atoms with Gasteiger partial charge in [0.1, 0.15) is 5.54 Å². The van der Waals surface area contributed by atoms with Crippen LogP contribution in [0, 0.1) is 23.2 Å². The van der Waals surface area contributed by atoms with Gasteiger partial charge in [-0.1, -0.05) is 20.8 Å². The third kappa shape index (κ3) is 5.96. The van der Waals surface area contributed by atoms with E-state index in [2.05, 4.69) is 44.0 Å². The minimum Gasteiger partial charge on any atom is -0.300 e. The molecule has 0 aromatic rings. The van der Waals surface area contributed by atoms with Gasteiger partial charge >= 0.3 is 0 Å². The minimum atomic E-state index is -0.343. The van der Waals surface area contributed by atoms with Crippen LogP contribution in [0.15, 0.2) is 0 Å². The zero-order chi connectivity index (χ0) is 15.9. The zero-order valence-corrected chi connectivity index (χ0v) is 14.8. The molecule has 0 aliphatic carbocycles. The molecule has 0 radical (unpaired) electrons. The topological polar surface area (TPSA) is 39.1 Å². The predicted octanol–water partition coefficient (Wildman–Crippen LogP) is 3.80. The fraction of sp³-hybridized carbons (Fsp3) is 0.944. The van der Waals surface area contributed by atoms with E-state index in [0.29, 0.717) is 6.04 Å². The van der Waals surface area contributed by atoms with Crippen LogP contribution in [0.1, 0.15) is 66.7 Å². The van der Waals surface area contributed by atoms with Gasteiger partial charge in [0.25, 0.3) is 0 Å². The van der Waals surface area contributed by atoms with Crippen molar-refractivity contribution in [3.05, 3.63) is 0 Å². The van der Waals surface area contributed by atoms with Crippen molar-refractivity contribution in [1.82, 2.24) is 10.2 Å². The van der Waals surface area contributed by atoms with Gasteiger partial charge in [0.2, 0.25) is 0 Å². The van der Waals surface area contributed by atoms with Crippen LogP contribution < -0.4 is 5.32 Å². The van der Waals surface area contributed by atoms with Crippen molar-refractivity contribution >= 4 is 0 Å². The summed E-state index contributed by atoms with van der Waals surface area (Å²) in [6.45, 7) is 14.7. The molecule has 1 aliphatic heterocycles. The second-order valence-electron chi connectivity index (χ2n) is 7.38. The van der Waals surface area contributed by atoms with E-state index in [0.717, 1.165) is 37.6 Å². The van der Waals surface area contributed by atoms with Crippen molar-refractivity contribution in [3.8, 4) is 6.07 Å². The average molecular weight is 293 g/mol. The second kappa shape index (κ2) is 8.76. The van der Waals surface area contributed by atoms with Crippen LogP contribution in [0.4, 0.5) is 0 Å². The number of hydrogen-bond donors (Lipinski definition) is 1. The zero-order valence-electron chi connectivity index (χ0n) is 14.8. The molecule has 4 unspecified atom stereocenters. The Balaban J connectivity index is 2.31. The molecule has 3 nitrogen and oxygen atoms in total. The van der Waals surface area contributed by atoms with Crippen LogP contribution in [-0.4, -0.2) is 36.1 Å². The Bertz CT molecular complexity index is 336. The molecule has 1 rings (SSSR count). The summed E-state index contributed by atoms with van der Waals surface area (Å²) in [6, 6.07) is 3.16. The first-order valence-corrected chi connectivity index (χ1v) is 8.82. The number of unbranched alkanes of at least 4 members (excludes halogenated alkanes) is 1. The molecule has 1 heterocycles. The van der Waals surface area contributed by atoms with Gasteiger partial charge in [-0.05, 0) is 70.9 Å². The van der Waals surface area contributed by atoms with Crippen LogP contribution in [-0.2, 0) is 0 Å². The minimum absolute atomic E-state index is 0.343. The summed E-state index contributed by atoms with van der Waals surface area (Å²) in [7, 11) is 0. The first-order valence-electron chi connectivity index (χ1n) is 8.82. The highest BCUT2D eigenvalue weighted by Crippen LogP contribution is 2.27. The van der Waals surface area contributed by atoms with E-state index in [1.54, 1.807) is 0 Å². The van der Waals surface area contributed by atoms with Gasteiger partial charge in [-0.15, -0.1) is 0 Å². The molecule has 4 atom stereocenters. The Labute approximate surface area is 132 Å². The van der Waals surface area contributed by atoms with Crippen molar-refractivity contribution in [2.45, 2.75) is 78.3 Å². The van der Waals surface area contributed by atoms with Gasteiger partial charge in [-0.2, -0.15) is 5.26 Å². The maximum Gasteiger partial charge on any atom is 0.103 e. The number of likely N-dealkylation sites (tertiary alicyclic amines) is 1. The van der Waals surface area contributed by atoms with Crippen molar-refractivity contribution in [3.63, 3.8) is 0 Å². The SMILES string of the molecule is CCCNC(C)(C#N)CCCCN1CC(C)CC(C)C1C. The smallest absolute Gasteiger partial charge is 0.103 e. The summed E-state index contributed by atoms with van der Waals surface area (Å²) in [5, 5.41) is 12.7. The molecule has 1 saturated heterocycles. The molecule has 1 aliphatic rings. The Morgan fingerprint density at radius 3 is 2.62 bits per heavy atom. The van der Waals surface area contributed by atoms with E-state index >= 15 is 0 Å². The van der Waals surface area contributed by atoms with Gasteiger partial charge in [-0.25, -0.2) is 0 Å². The molecule has 21 heavy (non-hydrogen) atoms. The van der Waals surface area contributed by atoms with Gasteiger partial charge in [0, 0.05) is 12.6 Å². The molecule has 122 valence electrons. The molecule has 0 saturated carbocycles. The number of nitrogens with one attached hydrogen (secondary N) is 1. The molecule has 1 N–H and O–H groups in total. The summed E-state index contributed by atoms with van der Waals surface area (Å²) in [6.07, 6.45) is 5.74. The van der Waals surface area contributed by atoms with Crippen molar-refractivity contribution < 1.29 is 0 Å². The summed E-state index contributed by atoms with van der Waals surface area (Å²) < 4.78 is 0. The van der Waals surface area contributed by atoms with Crippen molar-refractivity contribution in [2.75, 3.05) is 19.6 Å². The molecular formula is C18H35N3. The summed E-state index contributed by atoms with van der Waals surface area (Å²) in [5.74, 6) is 1.64. The lowest BCUT2D eigenvalue weighted by atomic mass is 9.86. The Hall–Kier alpha value is -0.590. The highest BCUT2D eigenvalue weighted by Gasteiger charge is 2.28. The van der Waals surface area contributed by atoms with Gasteiger partial charge in [0.15, 0.2) is 0 Å². The third-order valence-corrected chi connectivity index (χ3v) is 5.10. The highest BCUT2D eigenvalue weighted by molar-refractivity contribution is 5.03. The highest BCUT2D eigenvalue weighted by atomic mass is 15.2. The molecule has 0 bridgehead atoms. The first kappa shape index (κ1) is 18.5. The molecule has 0 aromatic heterocycles. The summed E-state index contributed by atoms with van der Waals surface area (Å²) in [5.41, 5.74) is -0.343. The lowest BCUT2D eigenvalue weighted by Gasteiger charge is -2.41. The van der Waals surface area contributed by atoms with Crippen LogP contribution in [0.5, 0.6) is 0 Å². The molecule has 0 aromatic carbocycles. The molecule has 3 heteroatoms. The van der Waals surface area contributed by atoms with Crippen LogP contribution in [0.2, 0.25) is 0 Å². The first-order chi connectivity index (χ1) is 9.91. The van der Waals surface area contributed by atoms with Crippen molar-refractivity contribution in [1.29, 1.82) is 5.26 Å². The summed E-state index contributed by atoms with van der Waals surface area (Å²) in [4.78, 5) is 2.65. The number of hydrogen-bond acceptors (Lipinski definition) is 3. The lowest BCUT2D eigenvalue weighted by Crippen LogP contribution is -2.46. The average Bonchev–Trinajstić information content (AvgIpc) is 2.46. The van der Waals surface area contributed by atoms with Crippen LogP contribution >= 0.6 is 0 Å². The fourth-order valence-corrected chi connectivity index (χ4v) is 3.51. The van der Waals surface area contributed by atoms with E-state index in [9.17, 15) is 5.26 Å². The Morgan fingerprint density at radius 2 is 2.00 bits per heavy atom. The number of rotatable bonds is 8. The lowest BCUT2D eigenvalue weighted by molar-refractivity contribution is 0.0777. The normalized spacial score (nSPS) is 29.8. The number of nitriles is 1. The largest absolute Gasteiger partial charge is 0.300 e. The van der Waals surface area contributed by atoms with E-state index in [-0.39, 0.29) is 5.54 Å². The molecule has 0 amide bonds. The van der Waals surface area contributed by atoms with Crippen LogP contribution in [0.25, 0.3) is 0 Å². The monoisotopic (exact) mass is 293 g/mol. The molecule has 1 fully saturated rings. The van der Waals surface area contributed by atoms with E-state index in [4.69, 9.17) is 0 Å². The Morgan fingerprint density at radius 1 is 1.29 bits per heavy atom. The maximum absolute atomic E-state index is 9.35. The van der Waals surface area contributed by atoms with Gasteiger partial charge in [-0.3, -0.25) is 5.32 Å². The van der Waals surface area contributed by atoms with E-state index in [1.165, 1.54) is 25.9 Å². The summed E-state index contributed by atoms with van der Waals surface area (Å²) >= 11 is 0. The van der Waals surface area contributed by atoms with Crippen LogP contribution in [0.3, 0.4) is 0 Å². The maximum atomic E-state index is 9.35. The Kier molecular flexibility index (Phi) is 7.70. The number of piperidine rings is 1. The van der Waals surface area contributed by atoms with Gasteiger partial charge in [0.05, 0.1) is 6.07 Å². The molecular weight excluding hydrogens is 258 g/mol. The van der Waals surface area contributed by atoms with Gasteiger partial charge < -0.3 is 4.90 Å². The second-order valence-corrected chi connectivity index (χ2v) is 7.38. The fourth-order valence-electron chi connectivity index (χ4n) is 3.51. The predicted molar refractivity (Wildman–Crippen MR) is 90.1 cm³/mol. The van der Waals surface area contributed by atoms with Crippen molar-refractivity contribution in [2.24, 2.45) is 11.8 Å². The van der Waals surface area contributed by atoms with E-state index < -0.39 is 0 Å². The van der Waals surface area contributed by atoms with E-state index in [1.807, 2.05) is 6.92 Å². The third-order valence-electron chi connectivity index (χ3n) is 5.10. The standard InChI is InChI=1S/C18H35N3/c1-6-10-20-18(5,14-19)9-7-8-11-21-13-15(2)12-16(3)17(21)4/h15-17,20H,6-13H2,1-5H3. The molecule has 0 spiro atoms.